The summed E-state index contributed by atoms with van der Waals surface area (Å²) in [7, 11) is 0. The Balaban J connectivity index is 2.81. The van der Waals surface area contributed by atoms with E-state index in [2.05, 4.69) is 0 Å². The van der Waals surface area contributed by atoms with Gasteiger partial charge in [0.25, 0.3) is 11.9 Å². The van der Waals surface area contributed by atoms with Gasteiger partial charge in [-0.2, -0.15) is 0 Å². The lowest BCUT2D eigenvalue weighted by Crippen LogP contribution is -2.46. The molecule has 0 radical (unpaired) electrons. The molecule has 6 nitrogen and oxygen atoms in total. The maximum atomic E-state index is 13.0. The van der Waals surface area contributed by atoms with Crippen molar-refractivity contribution >= 4 is 33.5 Å². The van der Waals surface area contributed by atoms with E-state index in [9.17, 15) is 19.8 Å². The Labute approximate surface area is 162 Å². The number of fused-ring (bicyclic) bond motifs is 2. The molecule has 0 fully saturated rings. The molecule has 2 aromatic rings. The van der Waals surface area contributed by atoms with Gasteiger partial charge in [0.05, 0.1) is 21.9 Å². The van der Waals surface area contributed by atoms with E-state index in [4.69, 9.17) is 8.83 Å². The highest BCUT2D eigenvalue weighted by Gasteiger charge is 2.41. The zero-order valence-corrected chi connectivity index (χ0v) is 16.8. The molecule has 28 heavy (non-hydrogen) atoms. The maximum absolute atomic E-state index is 13.0. The molecule has 1 heterocycles. The predicted octanol–water partition coefficient (Wildman–Crippen LogP) is 3.11. The van der Waals surface area contributed by atoms with Crippen LogP contribution in [0.2, 0.25) is 0 Å². The van der Waals surface area contributed by atoms with Crippen LogP contribution >= 0.6 is 0 Å². The molecule has 0 spiro atoms. The zero-order valence-electron chi connectivity index (χ0n) is 16.8. The second-order valence-corrected chi connectivity index (χ2v) is 8.93. The highest BCUT2D eigenvalue weighted by Crippen LogP contribution is 2.34. The third-order valence-corrected chi connectivity index (χ3v) is 4.61. The Morgan fingerprint density at radius 3 is 1.29 bits per heavy atom. The van der Waals surface area contributed by atoms with Gasteiger partial charge in [-0.15, -0.1) is 0 Å². The van der Waals surface area contributed by atoms with Crippen molar-refractivity contribution in [2.75, 3.05) is 0 Å². The van der Waals surface area contributed by atoms with E-state index in [0.29, 0.717) is 0 Å². The van der Waals surface area contributed by atoms with E-state index in [0.717, 1.165) is 0 Å². The molecule has 0 amide bonds. The Bertz CT molecular complexity index is 1080. The summed E-state index contributed by atoms with van der Waals surface area (Å²) in [5.74, 6) is -2.40. The molecule has 1 aliphatic rings. The van der Waals surface area contributed by atoms with Gasteiger partial charge in [-0.1, -0.05) is 53.7 Å². The molecule has 0 unspecified atom stereocenters. The van der Waals surface area contributed by atoms with Crippen LogP contribution in [-0.4, -0.2) is 21.8 Å². The summed E-state index contributed by atoms with van der Waals surface area (Å²) in [5, 5.41) is 21.6. The van der Waals surface area contributed by atoms with Gasteiger partial charge < -0.3 is 19.0 Å². The Morgan fingerprint density at radius 1 is 0.679 bits per heavy atom. The van der Waals surface area contributed by atoms with Crippen LogP contribution in [0, 0.1) is 10.8 Å². The Morgan fingerprint density at radius 2 is 1.00 bits per heavy atom. The number of carbonyl (C=O) groups excluding carboxylic acids is 2. The average Bonchev–Trinajstić information content (AvgIpc) is 2.56. The monoisotopic (exact) mass is 384 g/mol. The number of ketones is 2. The molecule has 1 aliphatic carbocycles. The fraction of sp³-hybridized carbons (Fsp3) is 0.364. The number of rotatable bonds is 0. The minimum absolute atomic E-state index is 0.0550. The van der Waals surface area contributed by atoms with Crippen LogP contribution in [0.3, 0.4) is 0 Å². The molecule has 1 aromatic carbocycles. The van der Waals surface area contributed by atoms with Gasteiger partial charge in [0, 0.05) is 0 Å². The number of carbonyl (C=O) groups is 2. The smallest absolute Gasteiger partial charge is 0.290 e. The largest absolute Gasteiger partial charge is 0.480 e. The van der Waals surface area contributed by atoms with Crippen molar-refractivity contribution in [2.24, 2.45) is 10.8 Å². The molecule has 0 aliphatic heterocycles. The average molecular weight is 384 g/mol. The Hall–Kier alpha value is -3.02. The van der Waals surface area contributed by atoms with Gasteiger partial charge in [-0.3, -0.25) is 9.59 Å². The molecular formula is C22H24O6. The molecule has 1 aromatic heterocycles. The first-order valence-electron chi connectivity index (χ1n) is 9.00. The molecule has 2 N–H and O–H groups in total. The summed E-state index contributed by atoms with van der Waals surface area (Å²) >= 11 is 0. The quantitative estimate of drug-likeness (QED) is 0.677. The lowest BCUT2D eigenvalue weighted by atomic mass is 9.74. The molecular weight excluding hydrogens is 360 g/mol. The van der Waals surface area contributed by atoms with E-state index >= 15 is 0 Å². The minimum atomic E-state index is -0.769. The van der Waals surface area contributed by atoms with Crippen molar-refractivity contribution in [3.8, 4) is 11.9 Å². The summed E-state index contributed by atoms with van der Waals surface area (Å²) in [4.78, 5) is 26.0. The van der Waals surface area contributed by atoms with Crippen LogP contribution in [0.25, 0.3) is 21.9 Å². The first kappa shape index (κ1) is 19.7. The first-order valence-corrected chi connectivity index (χ1v) is 9.00. The molecule has 148 valence electrons. The molecule has 0 saturated carbocycles. The standard InChI is InChI=1S/C22H24O6/c1-21(2,3)13-15(23)16(24)14(22(4,5)6)18-17(13)27-19(25)11-9-7-8-10-12(11)20(26)28-18/h7-10,25-26H,1-6H3. The van der Waals surface area contributed by atoms with Crippen LogP contribution in [0.4, 0.5) is 0 Å². The summed E-state index contributed by atoms with van der Waals surface area (Å²) in [6.07, 6.45) is 0. The summed E-state index contributed by atoms with van der Waals surface area (Å²) in [5.41, 5.74) is -1.48. The fourth-order valence-electron chi connectivity index (χ4n) is 3.38. The molecule has 0 saturated heterocycles. The van der Waals surface area contributed by atoms with Gasteiger partial charge in [0.15, 0.2) is 10.8 Å². The second-order valence-electron chi connectivity index (χ2n) is 8.93. The molecule has 6 heteroatoms. The van der Waals surface area contributed by atoms with Gasteiger partial charge in [-0.05, 0) is 23.0 Å². The number of hydrogen-bond acceptors (Lipinski definition) is 6. The number of benzene rings is 1. The van der Waals surface area contributed by atoms with Crippen LogP contribution < -0.4 is 10.8 Å². The number of aromatic hydroxyl groups is 2. The van der Waals surface area contributed by atoms with Crippen LogP contribution in [0.15, 0.2) is 33.1 Å². The van der Waals surface area contributed by atoms with Gasteiger partial charge in [0.2, 0.25) is 11.6 Å². The van der Waals surface area contributed by atoms with E-state index in [1.54, 1.807) is 65.8 Å². The van der Waals surface area contributed by atoms with Crippen LogP contribution in [-0.2, 0) is 9.59 Å². The van der Waals surface area contributed by atoms with Crippen molar-refractivity contribution in [1.82, 2.24) is 0 Å². The highest BCUT2D eigenvalue weighted by atomic mass is 16.5. The maximum Gasteiger partial charge on any atom is 0.290 e. The highest BCUT2D eigenvalue weighted by molar-refractivity contribution is 6.63. The second kappa shape index (κ2) is 6.26. The van der Waals surface area contributed by atoms with Crippen molar-refractivity contribution in [3.05, 3.63) is 35.1 Å². The molecule has 0 atom stereocenters. The lowest BCUT2D eigenvalue weighted by Gasteiger charge is -2.27. The fourth-order valence-corrected chi connectivity index (χ4v) is 3.38. The lowest BCUT2D eigenvalue weighted by molar-refractivity contribution is -0.131. The topological polar surface area (TPSA) is 101 Å². The van der Waals surface area contributed by atoms with Crippen molar-refractivity contribution < 1.29 is 28.6 Å². The van der Waals surface area contributed by atoms with Crippen molar-refractivity contribution in [1.29, 1.82) is 0 Å². The van der Waals surface area contributed by atoms with E-state index in [1.165, 1.54) is 0 Å². The summed E-state index contributed by atoms with van der Waals surface area (Å²) in [6, 6.07) is 6.44. The van der Waals surface area contributed by atoms with Gasteiger partial charge in [-0.25, -0.2) is 0 Å². The first-order chi connectivity index (χ1) is 12.8. The normalized spacial score (nSPS) is 15.1. The van der Waals surface area contributed by atoms with Crippen molar-refractivity contribution in [3.63, 3.8) is 0 Å². The zero-order chi connectivity index (χ0) is 21.0. The SMILES string of the molecule is CC(C)(C)C1=c2oc(O)c3ccccc3c(O)oc2=C(C(C)(C)C)C(=O)C1=O. The third-order valence-electron chi connectivity index (χ3n) is 4.61. The van der Waals surface area contributed by atoms with Crippen LogP contribution in [0.1, 0.15) is 41.5 Å². The van der Waals surface area contributed by atoms with E-state index in [-0.39, 0.29) is 32.7 Å². The van der Waals surface area contributed by atoms with E-state index in [1.807, 2.05) is 0 Å². The predicted molar refractivity (Wildman–Crippen MR) is 104 cm³/mol. The third kappa shape index (κ3) is 3.09. The van der Waals surface area contributed by atoms with Gasteiger partial charge >= 0.3 is 0 Å². The number of Topliss-reactive ketones (excluding diaryl/α,β-unsaturated/α-hetero) is 2. The summed E-state index contributed by atoms with van der Waals surface area (Å²) < 4.78 is 11.4. The minimum Gasteiger partial charge on any atom is -0.480 e. The van der Waals surface area contributed by atoms with Gasteiger partial charge in [0.1, 0.15) is 0 Å². The summed E-state index contributed by atoms with van der Waals surface area (Å²) in [6.45, 7) is 10.6. The van der Waals surface area contributed by atoms with Crippen LogP contribution in [0.5, 0.6) is 11.9 Å². The van der Waals surface area contributed by atoms with Crippen molar-refractivity contribution in [2.45, 2.75) is 41.5 Å². The van der Waals surface area contributed by atoms with E-state index < -0.39 is 34.3 Å². The number of hydrogen-bond donors (Lipinski definition) is 2. The molecule has 0 bridgehead atoms. The molecule has 3 rings (SSSR count). The Kier molecular flexibility index (Phi) is 4.41.